The van der Waals surface area contributed by atoms with Gasteiger partial charge in [0.25, 0.3) is 0 Å². The number of carbonyl (C=O) groups excluding carboxylic acids is 1. The summed E-state index contributed by atoms with van der Waals surface area (Å²) in [6, 6.07) is 4.50. The molecular formula is C38H55ClN2O9. The topological polar surface area (TPSA) is 140 Å². The highest BCUT2D eigenvalue weighted by Crippen LogP contribution is 2.62. The van der Waals surface area contributed by atoms with E-state index in [2.05, 4.69) is 12.7 Å². The minimum atomic E-state index is -1.38. The Morgan fingerprint density at radius 3 is 2.68 bits per heavy atom. The van der Waals surface area contributed by atoms with E-state index in [0.29, 0.717) is 43.9 Å². The van der Waals surface area contributed by atoms with Crippen molar-refractivity contribution in [2.24, 2.45) is 22.9 Å². The third-order valence-electron chi connectivity index (χ3n) is 10.5. The first-order chi connectivity index (χ1) is 24.4. The summed E-state index contributed by atoms with van der Waals surface area (Å²) < 4.78 is 25.5. The second-order valence-electron chi connectivity index (χ2n) is 13.7. The molecule has 12 heteroatoms. The Labute approximate surface area is 301 Å². The quantitative estimate of drug-likeness (QED) is 0.0660. The lowest BCUT2D eigenvalue weighted by Gasteiger charge is -2.59. The molecule has 7 unspecified atom stereocenters. The van der Waals surface area contributed by atoms with Crippen LogP contribution in [0.1, 0.15) is 89.0 Å². The van der Waals surface area contributed by atoms with Crippen LogP contribution in [-0.2, 0) is 19.0 Å². The number of benzene rings is 1. The van der Waals surface area contributed by atoms with Crippen LogP contribution >= 0.6 is 11.6 Å². The molecule has 2 aliphatic heterocycles. The van der Waals surface area contributed by atoms with E-state index in [1.54, 1.807) is 29.2 Å². The van der Waals surface area contributed by atoms with Gasteiger partial charge in [0.05, 0.1) is 30.7 Å². The van der Waals surface area contributed by atoms with Gasteiger partial charge in [-0.15, -0.1) is 18.2 Å². The van der Waals surface area contributed by atoms with Gasteiger partial charge in [-0.05, 0) is 80.6 Å². The highest BCUT2D eigenvalue weighted by Gasteiger charge is 2.65. The lowest BCUT2D eigenvalue weighted by molar-refractivity contribution is -0.255. The molecular weight excluding hydrogens is 664 g/mol. The molecule has 0 aromatic heterocycles. The van der Waals surface area contributed by atoms with Crippen LogP contribution in [0.2, 0.25) is 0 Å². The van der Waals surface area contributed by atoms with Crippen LogP contribution in [0.15, 0.2) is 47.7 Å². The largest absolute Gasteiger partial charge is 0.508 e. The minimum absolute atomic E-state index is 0.0551. The van der Waals surface area contributed by atoms with Gasteiger partial charge < -0.3 is 39.1 Å². The number of phenolic OH excluding ortho intramolecular Hbond substituents is 1. The van der Waals surface area contributed by atoms with E-state index in [1.165, 1.54) is 0 Å². The van der Waals surface area contributed by atoms with E-state index in [-0.39, 0.29) is 62.2 Å². The average molecular weight is 719 g/mol. The zero-order valence-corrected chi connectivity index (χ0v) is 30.1. The molecule has 7 atom stereocenters. The maximum absolute atomic E-state index is 13.9. The van der Waals surface area contributed by atoms with Crippen LogP contribution in [0.25, 0.3) is 0 Å². The first-order valence-corrected chi connectivity index (χ1v) is 19.0. The van der Waals surface area contributed by atoms with E-state index in [9.17, 15) is 20.1 Å². The second-order valence-corrected chi connectivity index (χ2v) is 14.1. The van der Waals surface area contributed by atoms with Gasteiger partial charge in [-0.25, -0.2) is 4.79 Å². The molecule has 3 N–H and O–H groups in total. The van der Waals surface area contributed by atoms with E-state index in [1.807, 2.05) is 6.92 Å². The second kappa shape index (κ2) is 18.6. The van der Waals surface area contributed by atoms with Crippen LogP contribution in [0.3, 0.4) is 0 Å². The third-order valence-corrected chi connectivity index (χ3v) is 10.6. The first-order valence-electron chi connectivity index (χ1n) is 18.5. The summed E-state index contributed by atoms with van der Waals surface area (Å²) in [4.78, 5) is 21.7. The fraction of sp³-hybridized carbons (Fsp3) is 0.684. The molecule has 50 heavy (non-hydrogen) atoms. The van der Waals surface area contributed by atoms with Gasteiger partial charge in [-0.2, -0.15) is 0 Å². The Morgan fingerprint density at radius 1 is 1.18 bits per heavy atom. The first kappa shape index (κ1) is 38.4. The number of unbranched alkanes of at least 4 members (excludes halogenated alkanes) is 2. The van der Waals surface area contributed by atoms with Crippen molar-refractivity contribution in [3.05, 3.63) is 48.1 Å². The molecule has 5 rings (SSSR count). The van der Waals surface area contributed by atoms with Crippen LogP contribution < -0.4 is 4.74 Å². The van der Waals surface area contributed by atoms with Crippen molar-refractivity contribution in [2.45, 2.75) is 102 Å². The fourth-order valence-electron chi connectivity index (χ4n) is 8.40. The van der Waals surface area contributed by atoms with Gasteiger partial charge in [-0.3, -0.25) is 4.90 Å². The molecule has 0 bridgehead atoms. The highest BCUT2D eigenvalue weighted by molar-refractivity contribution is 6.18. The zero-order valence-electron chi connectivity index (χ0n) is 29.3. The number of phenols is 1. The SMILES string of the molecule is C=CCOC12Oc3ccc(O)cc3C3C(CCCCO)C(CCCCO)C=C(C(=NOC4CCCCO4)CC1N(CCC)C(=O)OCCCl)C32. The van der Waals surface area contributed by atoms with Crippen LogP contribution in [-0.4, -0.2) is 95.6 Å². The Morgan fingerprint density at radius 2 is 1.98 bits per heavy atom. The fourth-order valence-corrected chi connectivity index (χ4v) is 8.48. The predicted octanol–water partition coefficient (Wildman–Crippen LogP) is 6.64. The van der Waals surface area contributed by atoms with Gasteiger partial charge in [0.15, 0.2) is 0 Å². The monoisotopic (exact) mass is 718 g/mol. The summed E-state index contributed by atoms with van der Waals surface area (Å²) >= 11 is 5.96. The minimum Gasteiger partial charge on any atom is -0.508 e. The predicted molar refractivity (Wildman–Crippen MR) is 190 cm³/mol. The maximum Gasteiger partial charge on any atom is 0.410 e. The molecule has 1 saturated carbocycles. The summed E-state index contributed by atoms with van der Waals surface area (Å²) in [5.74, 6) is -1.02. The van der Waals surface area contributed by atoms with Crippen molar-refractivity contribution in [3.8, 4) is 11.5 Å². The van der Waals surface area contributed by atoms with Crippen molar-refractivity contribution in [1.29, 1.82) is 0 Å². The molecule has 0 radical (unpaired) electrons. The number of aliphatic hydroxyl groups excluding tert-OH is 2. The molecule has 4 aliphatic rings. The lowest BCUT2D eigenvalue weighted by atomic mass is 9.55. The van der Waals surface area contributed by atoms with Crippen molar-refractivity contribution in [3.63, 3.8) is 0 Å². The van der Waals surface area contributed by atoms with Crippen molar-refractivity contribution in [2.75, 3.05) is 45.5 Å². The average Bonchev–Trinajstić information content (AvgIpc) is 3.13. The number of carbonyl (C=O) groups is 1. The van der Waals surface area contributed by atoms with Crippen LogP contribution in [0.4, 0.5) is 4.79 Å². The Bertz CT molecular complexity index is 1340. The number of oxime groups is 1. The number of aliphatic hydroxyl groups is 2. The van der Waals surface area contributed by atoms with Crippen LogP contribution in [0.5, 0.6) is 11.5 Å². The number of allylic oxidation sites excluding steroid dienone is 1. The standard InChI is InChI=1S/C38H55ClN2O9/c1-3-17-41(37(45)47-22-16-39)33-25-31(40-50-34-13-7-10-21-46-34)29-23-26(11-5-8-18-42)28(12-6-9-19-43)35-30-24-27(44)14-15-32(30)49-38(33,36(29)35)48-20-4-2/h4,14-15,23-24,26,28,33-36,42-44H,2-3,5-13,16-22,25H2,1H3. The van der Waals surface area contributed by atoms with Gasteiger partial charge in [0, 0.05) is 44.1 Å². The maximum atomic E-state index is 13.9. The van der Waals surface area contributed by atoms with Gasteiger partial charge in [0.1, 0.15) is 24.1 Å². The number of hydrogen-bond donors (Lipinski definition) is 3. The Kier molecular flexibility index (Phi) is 14.3. The smallest absolute Gasteiger partial charge is 0.410 e. The number of halogens is 1. The summed E-state index contributed by atoms with van der Waals surface area (Å²) in [6.45, 7) is 7.36. The van der Waals surface area contributed by atoms with E-state index < -0.39 is 30.1 Å². The number of hydrogen-bond acceptors (Lipinski definition) is 10. The van der Waals surface area contributed by atoms with E-state index in [4.69, 9.17) is 40.5 Å². The van der Waals surface area contributed by atoms with Gasteiger partial charge in [-0.1, -0.05) is 37.1 Å². The van der Waals surface area contributed by atoms with Gasteiger partial charge >= 0.3 is 6.09 Å². The number of alkyl halides is 1. The molecule has 1 amide bonds. The van der Waals surface area contributed by atoms with E-state index in [0.717, 1.165) is 56.1 Å². The van der Waals surface area contributed by atoms with Crippen molar-refractivity contribution >= 4 is 23.4 Å². The molecule has 278 valence electrons. The number of ether oxygens (including phenoxy) is 4. The highest BCUT2D eigenvalue weighted by atomic mass is 35.5. The zero-order chi connectivity index (χ0) is 35.5. The number of rotatable bonds is 18. The van der Waals surface area contributed by atoms with E-state index >= 15 is 0 Å². The number of fused-ring (bicyclic) bond motifs is 2. The number of nitrogens with zero attached hydrogens (tertiary/aromatic N) is 2. The summed E-state index contributed by atoms with van der Waals surface area (Å²) in [5, 5.41) is 35.1. The normalized spacial score (nSPS) is 29.3. The Balaban J connectivity index is 1.74. The molecule has 1 saturated heterocycles. The summed E-state index contributed by atoms with van der Waals surface area (Å²) in [6.07, 6.45) is 11.2. The van der Waals surface area contributed by atoms with Crippen molar-refractivity contribution in [1.82, 2.24) is 4.90 Å². The molecule has 2 aliphatic carbocycles. The molecule has 1 aromatic carbocycles. The number of amides is 1. The number of aromatic hydroxyl groups is 1. The summed E-state index contributed by atoms with van der Waals surface area (Å²) in [5.41, 5.74) is 2.48. The third kappa shape index (κ3) is 8.44. The molecule has 0 spiro atoms. The van der Waals surface area contributed by atoms with Gasteiger partial charge in [0.2, 0.25) is 12.1 Å². The Hall–Kier alpha value is -2.83. The molecule has 2 fully saturated rings. The lowest BCUT2D eigenvalue weighted by Crippen LogP contribution is -2.70. The summed E-state index contributed by atoms with van der Waals surface area (Å²) in [7, 11) is 0. The molecule has 1 aromatic rings. The molecule has 2 heterocycles. The molecule has 11 nitrogen and oxygen atoms in total. The van der Waals surface area contributed by atoms with Crippen molar-refractivity contribution < 1.29 is 43.9 Å². The van der Waals surface area contributed by atoms with Crippen LogP contribution in [0, 0.1) is 17.8 Å².